The number of carbonyl (C=O) groups excluding carboxylic acids is 1. The van der Waals surface area contributed by atoms with Crippen molar-refractivity contribution in [3.8, 4) is 11.1 Å². The molecule has 3 heterocycles. The first-order chi connectivity index (χ1) is 15.0. The molecule has 1 aromatic carbocycles. The minimum absolute atomic E-state index is 0.110. The summed E-state index contributed by atoms with van der Waals surface area (Å²) in [5.74, 6) is -3.14. The Balaban J connectivity index is 1.80. The molecule has 1 aliphatic heterocycles. The van der Waals surface area contributed by atoms with E-state index in [2.05, 4.69) is 9.97 Å². The minimum Gasteiger partial charge on any atom is -0.369 e. The zero-order chi connectivity index (χ0) is 23.3. The number of rotatable bonds is 4. The van der Waals surface area contributed by atoms with Crippen LogP contribution >= 0.6 is 11.3 Å². The van der Waals surface area contributed by atoms with E-state index >= 15 is 0 Å². The summed E-state index contributed by atoms with van der Waals surface area (Å²) in [7, 11) is 1.56. The second kappa shape index (κ2) is 7.74. The van der Waals surface area contributed by atoms with Crippen molar-refractivity contribution in [1.29, 1.82) is 0 Å². The number of aliphatic imine (C=N–C) groups is 1. The number of hydrogen-bond acceptors (Lipinski definition) is 6. The van der Waals surface area contributed by atoms with Gasteiger partial charge < -0.3 is 5.73 Å². The van der Waals surface area contributed by atoms with Gasteiger partial charge in [-0.15, -0.1) is 11.3 Å². The molecule has 9 heteroatoms. The number of alkyl halides is 2. The van der Waals surface area contributed by atoms with E-state index < -0.39 is 17.4 Å². The Morgan fingerprint density at radius 3 is 2.38 bits per heavy atom. The SMILES string of the molecule is Cc1ncc(-c2csc([C@@]3(C)N=C(N)N(C)C(=O)[C@H]3c3ccc(C(C)(F)F)cc3)c2)cn1. The van der Waals surface area contributed by atoms with Crippen LogP contribution in [0, 0.1) is 6.92 Å². The van der Waals surface area contributed by atoms with Crippen molar-refractivity contribution < 1.29 is 13.6 Å². The third-order valence-corrected chi connectivity index (χ3v) is 6.95. The highest BCUT2D eigenvalue weighted by molar-refractivity contribution is 7.10. The highest BCUT2D eigenvalue weighted by atomic mass is 32.1. The van der Waals surface area contributed by atoms with Crippen LogP contribution in [0.1, 0.15) is 41.6 Å². The molecule has 0 bridgehead atoms. The fourth-order valence-electron chi connectivity index (χ4n) is 3.85. The zero-order valence-corrected chi connectivity index (χ0v) is 19.0. The summed E-state index contributed by atoms with van der Waals surface area (Å²) < 4.78 is 27.4. The van der Waals surface area contributed by atoms with Gasteiger partial charge in [-0.1, -0.05) is 24.3 Å². The maximum Gasteiger partial charge on any atom is 0.270 e. The zero-order valence-electron chi connectivity index (χ0n) is 18.1. The fraction of sp³-hybridized carbons (Fsp3) is 0.304. The summed E-state index contributed by atoms with van der Waals surface area (Å²) in [6.07, 6.45) is 3.49. The molecule has 32 heavy (non-hydrogen) atoms. The molecule has 1 amide bonds. The second-order valence-electron chi connectivity index (χ2n) is 8.18. The van der Waals surface area contributed by atoms with Crippen LogP contribution in [0.5, 0.6) is 0 Å². The third kappa shape index (κ3) is 3.77. The van der Waals surface area contributed by atoms with E-state index in [0.717, 1.165) is 22.9 Å². The van der Waals surface area contributed by atoms with Crippen LogP contribution in [0.15, 0.2) is 53.1 Å². The Kier molecular flexibility index (Phi) is 5.32. The number of amides is 1. The lowest BCUT2D eigenvalue weighted by Gasteiger charge is -2.40. The van der Waals surface area contributed by atoms with E-state index in [0.29, 0.717) is 11.4 Å². The van der Waals surface area contributed by atoms with Gasteiger partial charge in [-0.2, -0.15) is 0 Å². The van der Waals surface area contributed by atoms with E-state index in [-0.39, 0.29) is 17.4 Å². The van der Waals surface area contributed by atoms with Gasteiger partial charge in [-0.25, -0.2) is 23.7 Å². The summed E-state index contributed by atoms with van der Waals surface area (Å²) in [5, 5.41) is 1.96. The van der Waals surface area contributed by atoms with E-state index in [1.54, 1.807) is 31.6 Å². The Labute approximate surface area is 188 Å². The maximum absolute atomic E-state index is 13.7. The third-order valence-electron chi connectivity index (χ3n) is 5.79. The van der Waals surface area contributed by atoms with E-state index in [1.165, 1.54) is 28.4 Å². The molecule has 6 nitrogen and oxygen atoms in total. The summed E-state index contributed by atoms with van der Waals surface area (Å²) in [6.45, 7) is 4.51. The Morgan fingerprint density at radius 2 is 1.78 bits per heavy atom. The molecule has 0 saturated carbocycles. The smallest absolute Gasteiger partial charge is 0.270 e. The predicted octanol–water partition coefficient (Wildman–Crippen LogP) is 4.41. The lowest BCUT2D eigenvalue weighted by atomic mass is 9.77. The number of thiophene rings is 1. The van der Waals surface area contributed by atoms with Gasteiger partial charge in [0.1, 0.15) is 11.4 Å². The number of carbonyl (C=O) groups is 1. The van der Waals surface area contributed by atoms with Crippen LogP contribution in [0.2, 0.25) is 0 Å². The van der Waals surface area contributed by atoms with Crippen molar-refractivity contribution in [3.63, 3.8) is 0 Å². The predicted molar refractivity (Wildman–Crippen MR) is 121 cm³/mol. The van der Waals surface area contributed by atoms with Crippen LogP contribution in [-0.2, 0) is 16.3 Å². The normalized spacial score (nSPS) is 21.6. The summed E-state index contributed by atoms with van der Waals surface area (Å²) >= 11 is 1.46. The molecule has 2 atom stereocenters. The van der Waals surface area contributed by atoms with E-state index in [9.17, 15) is 13.6 Å². The highest BCUT2D eigenvalue weighted by Gasteiger charge is 2.48. The Bertz CT molecular complexity index is 1180. The van der Waals surface area contributed by atoms with Crippen LogP contribution in [0.25, 0.3) is 11.1 Å². The van der Waals surface area contributed by atoms with E-state index in [1.807, 2.05) is 25.3 Å². The van der Waals surface area contributed by atoms with Crippen LogP contribution in [0.3, 0.4) is 0 Å². The standard InChI is InChI=1S/C23H23F2N5OS/c1-13-27-10-16(11-28-13)15-9-18(32-12-15)22(2)19(20(31)30(4)21(26)29-22)14-5-7-17(8-6-14)23(3,24)25/h5-12,19H,1-4H3,(H2,26,29)/t19-,22-/m1/s1. The van der Waals surface area contributed by atoms with Gasteiger partial charge in [-0.3, -0.25) is 9.69 Å². The second-order valence-corrected chi connectivity index (χ2v) is 9.09. The van der Waals surface area contributed by atoms with Crippen molar-refractivity contribution in [1.82, 2.24) is 14.9 Å². The van der Waals surface area contributed by atoms with Gasteiger partial charge in [0.25, 0.3) is 5.92 Å². The molecule has 166 valence electrons. The van der Waals surface area contributed by atoms with Crippen molar-refractivity contribution in [2.24, 2.45) is 10.7 Å². The van der Waals surface area contributed by atoms with Crippen LogP contribution in [-0.4, -0.2) is 33.8 Å². The lowest BCUT2D eigenvalue weighted by Crippen LogP contribution is -2.52. The molecule has 0 spiro atoms. The van der Waals surface area contributed by atoms with Gasteiger partial charge >= 0.3 is 0 Å². The fourth-order valence-corrected chi connectivity index (χ4v) is 4.91. The van der Waals surface area contributed by atoms with Crippen molar-refractivity contribution in [2.45, 2.75) is 38.2 Å². The molecule has 0 fully saturated rings. The number of aromatic nitrogens is 2. The first-order valence-corrected chi connectivity index (χ1v) is 10.9. The van der Waals surface area contributed by atoms with Gasteiger partial charge in [0.15, 0.2) is 5.96 Å². The quantitative estimate of drug-likeness (QED) is 0.632. The monoisotopic (exact) mass is 455 g/mol. The first kappa shape index (κ1) is 22.0. The van der Waals surface area contributed by atoms with Crippen LogP contribution < -0.4 is 5.73 Å². The van der Waals surface area contributed by atoms with Gasteiger partial charge in [0, 0.05) is 42.4 Å². The number of aryl methyl sites for hydroxylation is 1. The van der Waals surface area contributed by atoms with Crippen LogP contribution in [0.4, 0.5) is 8.78 Å². The number of halogens is 2. The van der Waals surface area contributed by atoms with E-state index in [4.69, 9.17) is 10.7 Å². The molecular formula is C23H23F2N5OS. The van der Waals surface area contributed by atoms with Gasteiger partial charge in [-0.05, 0) is 36.4 Å². The topological polar surface area (TPSA) is 84.5 Å². The average molecular weight is 456 g/mol. The number of hydrogen-bond donors (Lipinski definition) is 1. The number of guanidine groups is 1. The van der Waals surface area contributed by atoms with Crippen molar-refractivity contribution in [2.75, 3.05) is 7.05 Å². The number of nitrogens with zero attached hydrogens (tertiary/aromatic N) is 4. The molecule has 0 unspecified atom stereocenters. The molecule has 0 aliphatic carbocycles. The lowest BCUT2D eigenvalue weighted by molar-refractivity contribution is -0.130. The molecule has 2 aromatic heterocycles. The first-order valence-electron chi connectivity index (χ1n) is 10.00. The summed E-state index contributed by atoms with van der Waals surface area (Å²) in [6, 6.07) is 7.81. The Hall–Kier alpha value is -3.20. The van der Waals surface area contributed by atoms with Gasteiger partial charge in [0.2, 0.25) is 5.91 Å². The molecule has 1 aliphatic rings. The highest BCUT2D eigenvalue weighted by Crippen LogP contribution is 2.47. The Morgan fingerprint density at radius 1 is 1.16 bits per heavy atom. The summed E-state index contributed by atoms with van der Waals surface area (Å²) in [5.41, 5.74) is 7.32. The average Bonchev–Trinajstić information content (AvgIpc) is 3.23. The molecule has 0 saturated heterocycles. The number of nitrogens with two attached hydrogens (primary N) is 1. The largest absolute Gasteiger partial charge is 0.369 e. The molecular weight excluding hydrogens is 432 g/mol. The molecule has 2 N–H and O–H groups in total. The van der Waals surface area contributed by atoms with Gasteiger partial charge in [0.05, 0.1) is 5.92 Å². The number of benzene rings is 1. The molecule has 3 aromatic rings. The molecule has 0 radical (unpaired) electrons. The van der Waals surface area contributed by atoms with Crippen molar-refractivity contribution >= 4 is 23.2 Å². The molecule has 4 rings (SSSR count). The minimum atomic E-state index is -2.96. The van der Waals surface area contributed by atoms with Crippen molar-refractivity contribution in [3.05, 3.63) is 69.9 Å². The summed E-state index contributed by atoms with van der Waals surface area (Å²) in [4.78, 5) is 28.6. The number of likely N-dealkylation sites (N-methyl/N-ethyl adjacent to an activating group) is 1. The maximum atomic E-state index is 13.7.